The van der Waals surface area contributed by atoms with Crippen molar-refractivity contribution in [2.75, 3.05) is 5.32 Å². The molecule has 0 unspecified atom stereocenters. The van der Waals surface area contributed by atoms with E-state index in [4.69, 9.17) is 0 Å². The molecular weight excluding hydrogens is 244 g/mol. The van der Waals surface area contributed by atoms with Crippen molar-refractivity contribution in [3.8, 4) is 0 Å². The molecule has 18 heavy (non-hydrogen) atoms. The van der Waals surface area contributed by atoms with Crippen LogP contribution in [0.1, 0.15) is 32.2 Å². The molecule has 0 aliphatic carbocycles. The normalized spacial score (nSPS) is 10.4. The van der Waals surface area contributed by atoms with E-state index in [1.807, 2.05) is 45.2 Å². The molecule has 0 atom stereocenters. The minimum atomic E-state index is -0.0562. The highest BCUT2D eigenvalue weighted by Crippen LogP contribution is 2.22. The maximum absolute atomic E-state index is 12.2. The molecule has 1 N–H and O–H groups in total. The summed E-state index contributed by atoms with van der Waals surface area (Å²) >= 11 is 1.46. The summed E-state index contributed by atoms with van der Waals surface area (Å²) in [5.41, 5.74) is 4.69. The van der Waals surface area contributed by atoms with E-state index >= 15 is 0 Å². The highest BCUT2D eigenvalue weighted by molar-refractivity contribution is 7.12. The molecule has 4 heteroatoms. The number of pyridine rings is 1. The number of hydrogen-bond acceptors (Lipinski definition) is 3. The first-order valence-electron chi connectivity index (χ1n) is 5.79. The number of amides is 1. The summed E-state index contributed by atoms with van der Waals surface area (Å²) in [4.78, 5) is 17.3. The fraction of sp³-hybridized carbons (Fsp3) is 0.286. The molecule has 94 valence electrons. The molecule has 0 spiro atoms. The Morgan fingerprint density at radius 2 is 1.94 bits per heavy atom. The lowest BCUT2D eigenvalue weighted by atomic mass is 10.1. The van der Waals surface area contributed by atoms with Crippen LogP contribution in [0.5, 0.6) is 0 Å². The summed E-state index contributed by atoms with van der Waals surface area (Å²) < 4.78 is 0. The van der Waals surface area contributed by atoms with Gasteiger partial charge in [0, 0.05) is 5.69 Å². The standard InChI is InChI=1S/C14H16N2OS/c1-8-5-6-18-13(8)14(17)16-12-9(2)7-10(3)15-11(12)4/h5-7H,1-4H3,(H,16,17). The Bertz CT molecular complexity index is 579. The SMILES string of the molecule is Cc1cc(C)c(NC(=O)c2sccc2C)c(C)n1. The van der Waals surface area contributed by atoms with Crippen molar-refractivity contribution in [2.24, 2.45) is 0 Å². The monoisotopic (exact) mass is 260 g/mol. The van der Waals surface area contributed by atoms with Crippen LogP contribution < -0.4 is 5.32 Å². The molecule has 2 aromatic heterocycles. The first kappa shape index (κ1) is 12.8. The molecule has 0 fully saturated rings. The quantitative estimate of drug-likeness (QED) is 0.896. The van der Waals surface area contributed by atoms with Gasteiger partial charge in [0.05, 0.1) is 16.3 Å². The third-order valence-corrected chi connectivity index (χ3v) is 3.85. The number of aromatic nitrogens is 1. The van der Waals surface area contributed by atoms with E-state index in [-0.39, 0.29) is 5.91 Å². The molecule has 0 saturated heterocycles. The van der Waals surface area contributed by atoms with Crippen LogP contribution in [0.3, 0.4) is 0 Å². The average molecular weight is 260 g/mol. The zero-order valence-electron chi connectivity index (χ0n) is 11.0. The summed E-state index contributed by atoms with van der Waals surface area (Å²) in [7, 11) is 0. The van der Waals surface area contributed by atoms with Gasteiger partial charge in [0.1, 0.15) is 0 Å². The maximum atomic E-state index is 12.2. The number of nitrogens with zero attached hydrogens (tertiary/aromatic N) is 1. The lowest BCUT2D eigenvalue weighted by Crippen LogP contribution is -2.14. The summed E-state index contributed by atoms with van der Waals surface area (Å²) in [6, 6.07) is 3.93. The molecule has 0 aliphatic heterocycles. The number of anilines is 1. The van der Waals surface area contributed by atoms with Gasteiger partial charge in [0.2, 0.25) is 0 Å². The van der Waals surface area contributed by atoms with Gasteiger partial charge >= 0.3 is 0 Å². The molecule has 3 nitrogen and oxygen atoms in total. The van der Waals surface area contributed by atoms with E-state index in [2.05, 4.69) is 10.3 Å². The Labute approximate surface area is 111 Å². The van der Waals surface area contributed by atoms with E-state index in [0.717, 1.165) is 33.1 Å². The zero-order valence-corrected chi connectivity index (χ0v) is 11.8. The summed E-state index contributed by atoms with van der Waals surface area (Å²) in [5.74, 6) is -0.0562. The Hall–Kier alpha value is -1.68. The molecule has 1 amide bonds. The van der Waals surface area contributed by atoms with Gasteiger partial charge in [-0.1, -0.05) is 0 Å². The number of thiophene rings is 1. The van der Waals surface area contributed by atoms with Gasteiger partial charge in [0.25, 0.3) is 5.91 Å². The van der Waals surface area contributed by atoms with Gasteiger partial charge in [0.15, 0.2) is 0 Å². The van der Waals surface area contributed by atoms with Gasteiger partial charge in [-0.3, -0.25) is 9.78 Å². The summed E-state index contributed by atoms with van der Waals surface area (Å²) in [5, 5.41) is 4.89. The Morgan fingerprint density at radius 3 is 2.50 bits per heavy atom. The van der Waals surface area contributed by atoms with Crippen LogP contribution in [0.15, 0.2) is 17.5 Å². The second-order valence-electron chi connectivity index (χ2n) is 4.43. The predicted molar refractivity (Wildman–Crippen MR) is 75.5 cm³/mol. The van der Waals surface area contributed by atoms with Gasteiger partial charge in [-0.2, -0.15) is 0 Å². The number of rotatable bonds is 2. The van der Waals surface area contributed by atoms with E-state index in [1.54, 1.807) is 0 Å². The van der Waals surface area contributed by atoms with Gasteiger partial charge in [-0.25, -0.2) is 0 Å². The number of carbonyl (C=O) groups is 1. The number of hydrogen-bond donors (Lipinski definition) is 1. The predicted octanol–water partition coefficient (Wildman–Crippen LogP) is 3.63. The zero-order chi connectivity index (χ0) is 13.3. The summed E-state index contributed by atoms with van der Waals surface area (Å²) in [6.07, 6.45) is 0. The van der Waals surface area contributed by atoms with E-state index in [1.165, 1.54) is 11.3 Å². The van der Waals surface area contributed by atoms with Crippen molar-refractivity contribution >= 4 is 22.9 Å². The summed E-state index contributed by atoms with van der Waals surface area (Å²) in [6.45, 7) is 7.79. The van der Waals surface area contributed by atoms with Gasteiger partial charge in [-0.15, -0.1) is 11.3 Å². The molecule has 0 aromatic carbocycles. The lowest BCUT2D eigenvalue weighted by Gasteiger charge is -2.11. The largest absolute Gasteiger partial charge is 0.319 e. The smallest absolute Gasteiger partial charge is 0.266 e. The Kier molecular flexibility index (Phi) is 3.48. The third kappa shape index (κ3) is 2.43. The van der Waals surface area contributed by atoms with E-state index in [9.17, 15) is 4.79 Å². The van der Waals surface area contributed by atoms with Gasteiger partial charge < -0.3 is 5.32 Å². The van der Waals surface area contributed by atoms with Crippen LogP contribution in [0.4, 0.5) is 5.69 Å². The molecule has 2 heterocycles. The molecule has 0 radical (unpaired) electrons. The van der Waals surface area contributed by atoms with Crippen LogP contribution in [-0.4, -0.2) is 10.9 Å². The maximum Gasteiger partial charge on any atom is 0.266 e. The number of nitrogens with one attached hydrogen (secondary N) is 1. The van der Waals surface area contributed by atoms with Crippen LogP contribution in [-0.2, 0) is 0 Å². The molecular formula is C14H16N2OS. The van der Waals surface area contributed by atoms with Crippen molar-refractivity contribution in [2.45, 2.75) is 27.7 Å². The van der Waals surface area contributed by atoms with Crippen molar-refractivity contribution in [1.82, 2.24) is 4.98 Å². The highest BCUT2D eigenvalue weighted by Gasteiger charge is 2.13. The van der Waals surface area contributed by atoms with Crippen molar-refractivity contribution in [3.63, 3.8) is 0 Å². The number of carbonyl (C=O) groups excluding carboxylic acids is 1. The third-order valence-electron chi connectivity index (χ3n) is 2.83. The van der Waals surface area contributed by atoms with Crippen LogP contribution in [0.25, 0.3) is 0 Å². The number of aryl methyl sites for hydroxylation is 4. The average Bonchev–Trinajstić information content (AvgIpc) is 2.69. The van der Waals surface area contributed by atoms with Gasteiger partial charge in [-0.05, 0) is 56.3 Å². The molecule has 2 aromatic rings. The van der Waals surface area contributed by atoms with E-state index in [0.29, 0.717) is 0 Å². The molecule has 2 rings (SSSR count). The first-order valence-corrected chi connectivity index (χ1v) is 6.67. The fourth-order valence-electron chi connectivity index (χ4n) is 1.99. The fourth-order valence-corrected chi connectivity index (χ4v) is 2.81. The van der Waals surface area contributed by atoms with Crippen molar-refractivity contribution < 1.29 is 4.79 Å². The second kappa shape index (κ2) is 4.90. The molecule has 0 aliphatic rings. The minimum Gasteiger partial charge on any atom is -0.319 e. The Morgan fingerprint density at radius 1 is 1.22 bits per heavy atom. The van der Waals surface area contributed by atoms with Crippen molar-refractivity contribution in [3.05, 3.63) is 44.9 Å². The van der Waals surface area contributed by atoms with Crippen LogP contribution in [0.2, 0.25) is 0 Å². The van der Waals surface area contributed by atoms with E-state index < -0.39 is 0 Å². The lowest BCUT2D eigenvalue weighted by molar-refractivity contribution is 0.103. The van der Waals surface area contributed by atoms with Crippen LogP contribution >= 0.6 is 11.3 Å². The second-order valence-corrected chi connectivity index (χ2v) is 5.34. The molecule has 0 saturated carbocycles. The first-order chi connectivity index (χ1) is 8.49. The van der Waals surface area contributed by atoms with Crippen LogP contribution in [0, 0.1) is 27.7 Å². The molecule has 0 bridgehead atoms. The Balaban J connectivity index is 2.31. The minimum absolute atomic E-state index is 0.0562. The highest BCUT2D eigenvalue weighted by atomic mass is 32.1. The van der Waals surface area contributed by atoms with Crippen molar-refractivity contribution in [1.29, 1.82) is 0 Å². The topological polar surface area (TPSA) is 42.0 Å².